The summed E-state index contributed by atoms with van der Waals surface area (Å²) in [6.07, 6.45) is 0. The van der Waals surface area contributed by atoms with Gasteiger partial charge in [-0.2, -0.15) is 0 Å². The van der Waals surface area contributed by atoms with Crippen LogP contribution in [0.4, 0.5) is 0 Å². The molecule has 0 N–H and O–H groups in total. The molecule has 0 atom stereocenters. The summed E-state index contributed by atoms with van der Waals surface area (Å²) in [5, 5.41) is 3.94. The highest BCUT2D eigenvalue weighted by atomic mass is 32.1. The molecule has 0 fully saturated rings. The van der Waals surface area contributed by atoms with Gasteiger partial charge in [-0.15, -0.1) is 34.0 Å². The monoisotopic (exact) mass is 474 g/mol. The van der Waals surface area contributed by atoms with Crippen LogP contribution in [0.2, 0.25) is 0 Å². The van der Waals surface area contributed by atoms with Crippen molar-refractivity contribution < 1.29 is 0 Å². The molecule has 156 valence electrons. The molecule has 0 aliphatic carbocycles. The zero-order valence-corrected chi connectivity index (χ0v) is 20.1. The third-order valence-corrected chi connectivity index (χ3v) is 9.56. The van der Waals surface area contributed by atoms with Crippen molar-refractivity contribution in [2.45, 2.75) is 0 Å². The number of benzene rings is 4. The summed E-state index contributed by atoms with van der Waals surface area (Å²) in [6, 6.07) is 40.1. The van der Waals surface area contributed by atoms with Gasteiger partial charge in [0, 0.05) is 28.7 Å². The van der Waals surface area contributed by atoms with E-state index in [0.717, 1.165) is 0 Å². The van der Waals surface area contributed by atoms with Gasteiger partial charge in [0.1, 0.15) is 0 Å². The predicted molar refractivity (Wildman–Crippen MR) is 149 cm³/mol. The fourth-order valence-corrected chi connectivity index (χ4v) is 7.58. The average Bonchev–Trinajstić information content (AvgIpc) is 3.59. The lowest BCUT2D eigenvalue weighted by molar-refractivity contribution is 1.68. The molecule has 0 radical (unpaired) electrons. The summed E-state index contributed by atoms with van der Waals surface area (Å²) >= 11 is 5.63. The van der Waals surface area contributed by atoms with E-state index in [1.54, 1.807) is 0 Å². The topological polar surface area (TPSA) is 0 Å². The highest BCUT2D eigenvalue weighted by molar-refractivity contribution is 7.23. The summed E-state index contributed by atoms with van der Waals surface area (Å²) in [6.45, 7) is 0. The van der Waals surface area contributed by atoms with Crippen molar-refractivity contribution in [3.63, 3.8) is 0 Å². The van der Waals surface area contributed by atoms with E-state index in [0.29, 0.717) is 0 Å². The minimum absolute atomic E-state index is 1.29. The maximum Gasteiger partial charge on any atom is 0.0355 e. The normalized spacial score (nSPS) is 11.6. The van der Waals surface area contributed by atoms with Gasteiger partial charge in [-0.3, -0.25) is 0 Å². The molecule has 3 heteroatoms. The summed E-state index contributed by atoms with van der Waals surface area (Å²) in [5.41, 5.74) is 3.87. The van der Waals surface area contributed by atoms with Crippen LogP contribution in [0.1, 0.15) is 0 Å². The lowest BCUT2D eigenvalue weighted by Crippen LogP contribution is -1.81. The molecule has 0 bridgehead atoms. The van der Waals surface area contributed by atoms with Crippen molar-refractivity contribution in [1.29, 1.82) is 0 Å². The minimum Gasteiger partial charge on any atom is -0.135 e. The Morgan fingerprint density at radius 3 is 0.939 bits per heavy atom. The van der Waals surface area contributed by atoms with Crippen molar-refractivity contribution in [2.24, 2.45) is 0 Å². The molecule has 0 saturated heterocycles. The molecule has 0 nitrogen and oxygen atoms in total. The third kappa shape index (κ3) is 3.41. The molecule has 0 aliphatic rings. The number of thiophene rings is 3. The molecular weight excluding hydrogens is 457 g/mol. The summed E-state index contributed by atoms with van der Waals surface area (Å²) in [7, 11) is 0. The minimum atomic E-state index is 1.29. The SMILES string of the molecule is c1ccc2sc(-c3cc(-c4cc5ccccc5s4)cc(-c4cc5ccccc5s4)c3)cc2c1. The molecule has 0 saturated carbocycles. The molecule has 0 unspecified atom stereocenters. The number of rotatable bonds is 3. The molecule has 0 aliphatic heterocycles. The van der Waals surface area contributed by atoms with E-state index in [2.05, 4.69) is 109 Å². The van der Waals surface area contributed by atoms with Crippen molar-refractivity contribution in [3.05, 3.63) is 109 Å². The Bertz CT molecular complexity index is 1460. The first kappa shape index (κ1) is 19.2. The van der Waals surface area contributed by atoms with Gasteiger partial charge in [0.25, 0.3) is 0 Å². The van der Waals surface area contributed by atoms with E-state index in [1.807, 2.05) is 34.0 Å². The first-order chi connectivity index (χ1) is 16.3. The molecule has 3 heterocycles. The first-order valence-corrected chi connectivity index (χ1v) is 13.4. The lowest BCUT2D eigenvalue weighted by Gasteiger charge is -2.07. The van der Waals surface area contributed by atoms with Gasteiger partial charge < -0.3 is 0 Å². The number of fused-ring (bicyclic) bond motifs is 3. The van der Waals surface area contributed by atoms with Crippen LogP contribution in [0.3, 0.4) is 0 Å². The highest BCUT2D eigenvalue weighted by Crippen LogP contribution is 2.42. The second kappa shape index (κ2) is 7.67. The summed E-state index contributed by atoms with van der Waals surface area (Å²) < 4.78 is 4.01. The zero-order valence-electron chi connectivity index (χ0n) is 17.6. The fourth-order valence-electron chi connectivity index (χ4n) is 4.43. The van der Waals surface area contributed by atoms with E-state index in [9.17, 15) is 0 Å². The van der Waals surface area contributed by atoms with Gasteiger partial charge in [-0.25, -0.2) is 0 Å². The van der Waals surface area contributed by atoms with Crippen molar-refractivity contribution in [1.82, 2.24) is 0 Å². The standard InChI is InChI=1S/C30H18S3/c1-4-10-25-19(7-1)16-28(31-25)22-13-23(29-17-20-8-2-5-11-26(20)32-29)15-24(14-22)30-18-21-9-3-6-12-27(21)33-30/h1-18H. The molecule has 3 aromatic heterocycles. The second-order valence-corrected chi connectivity index (χ2v) is 11.5. The molecular formula is C30H18S3. The predicted octanol–water partition coefficient (Wildman–Crippen LogP) is 10.3. The first-order valence-electron chi connectivity index (χ1n) is 10.9. The molecule has 0 amide bonds. The van der Waals surface area contributed by atoms with E-state index in [-0.39, 0.29) is 0 Å². The van der Waals surface area contributed by atoms with Crippen LogP contribution in [0.25, 0.3) is 61.6 Å². The highest BCUT2D eigenvalue weighted by Gasteiger charge is 2.13. The zero-order chi connectivity index (χ0) is 21.8. The third-order valence-electron chi connectivity index (χ3n) is 6.06. The Balaban J connectivity index is 1.46. The van der Waals surface area contributed by atoms with Crippen LogP contribution in [-0.2, 0) is 0 Å². The Labute approximate surface area is 204 Å². The molecule has 0 spiro atoms. The van der Waals surface area contributed by atoms with Gasteiger partial charge in [-0.1, -0.05) is 54.6 Å². The van der Waals surface area contributed by atoms with E-state index in [4.69, 9.17) is 0 Å². The van der Waals surface area contributed by atoms with E-state index in [1.165, 1.54) is 61.6 Å². The van der Waals surface area contributed by atoms with Gasteiger partial charge in [0.2, 0.25) is 0 Å². The van der Waals surface area contributed by atoms with Gasteiger partial charge in [0.15, 0.2) is 0 Å². The van der Waals surface area contributed by atoms with Gasteiger partial charge in [-0.05, 0) is 87.4 Å². The maximum atomic E-state index is 2.37. The van der Waals surface area contributed by atoms with Crippen molar-refractivity contribution >= 4 is 64.3 Å². The fraction of sp³-hybridized carbons (Fsp3) is 0. The largest absolute Gasteiger partial charge is 0.135 e. The van der Waals surface area contributed by atoms with Crippen LogP contribution in [0, 0.1) is 0 Å². The van der Waals surface area contributed by atoms with E-state index < -0.39 is 0 Å². The quantitative estimate of drug-likeness (QED) is 0.239. The van der Waals surface area contributed by atoms with Crippen molar-refractivity contribution in [3.8, 4) is 31.3 Å². The smallest absolute Gasteiger partial charge is 0.0355 e. The van der Waals surface area contributed by atoms with Crippen LogP contribution in [-0.4, -0.2) is 0 Å². The Kier molecular flexibility index (Phi) is 4.47. The Hall–Kier alpha value is -3.24. The molecule has 7 aromatic rings. The lowest BCUT2D eigenvalue weighted by atomic mass is 10.0. The van der Waals surface area contributed by atoms with Crippen LogP contribution in [0.15, 0.2) is 109 Å². The maximum absolute atomic E-state index is 2.37. The van der Waals surface area contributed by atoms with Gasteiger partial charge >= 0.3 is 0 Å². The van der Waals surface area contributed by atoms with Crippen LogP contribution < -0.4 is 0 Å². The Morgan fingerprint density at radius 2 is 0.636 bits per heavy atom. The average molecular weight is 475 g/mol. The number of hydrogen-bond acceptors (Lipinski definition) is 3. The summed E-state index contributed by atoms with van der Waals surface area (Å²) in [5.74, 6) is 0. The number of hydrogen-bond donors (Lipinski definition) is 0. The van der Waals surface area contributed by atoms with Crippen LogP contribution in [0.5, 0.6) is 0 Å². The van der Waals surface area contributed by atoms with E-state index >= 15 is 0 Å². The second-order valence-electron chi connectivity index (χ2n) is 8.24. The molecule has 33 heavy (non-hydrogen) atoms. The Morgan fingerprint density at radius 1 is 0.333 bits per heavy atom. The summed E-state index contributed by atoms with van der Waals surface area (Å²) in [4.78, 5) is 3.96. The van der Waals surface area contributed by atoms with Crippen molar-refractivity contribution in [2.75, 3.05) is 0 Å². The molecule has 7 rings (SSSR count). The molecule has 4 aromatic carbocycles. The van der Waals surface area contributed by atoms with Gasteiger partial charge in [0.05, 0.1) is 0 Å². The van der Waals surface area contributed by atoms with Crippen LogP contribution >= 0.6 is 34.0 Å².